The van der Waals surface area contributed by atoms with E-state index in [1.165, 1.54) is 47.8 Å². The summed E-state index contributed by atoms with van der Waals surface area (Å²) in [5.41, 5.74) is 4.55. The number of hydrogen-bond donors (Lipinski definition) is 0. The van der Waals surface area contributed by atoms with Crippen LogP contribution in [0.15, 0.2) is 48.2 Å². The van der Waals surface area contributed by atoms with Crippen LogP contribution in [0.4, 0.5) is 5.69 Å². The molecular weight excluding hydrogens is 418 g/mol. The molecule has 4 saturated heterocycles. The second-order valence-electron chi connectivity index (χ2n) is 9.89. The zero-order valence-electron chi connectivity index (χ0n) is 20.2. The van der Waals surface area contributed by atoms with Crippen LogP contribution < -0.4 is 0 Å². The standard InChI is InChI=1S/C29H35N5/c1-3-22-19-25-24(21-28(31-11-5-12-31)32-13-6-14-32)9-10-27(26(25)20-23(22)4-2)30-29(33-15-7-16-33)34-17-8-18-34/h3-4,9-10,19-21H,1-2,5-8,11-18H2. The third kappa shape index (κ3) is 3.67. The molecule has 2 aromatic carbocycles. The molecule has 2 aromatic rings. The Balaban J connectivity index is 1.50. The normalized spacial score (nSPS) is 18.9. The molecule has 0 amide bonds. The monoisotopic (exact) mass is 453 g/mol. The van der Waals surface area contributed by atoms with Gasteiger partial charge in [-0.2, -0.15) is 0 Å². The molecule has 34 heavy (non-hydrogen) atoms. The number of nitrogens with zero attached hydrogens (tertiary/aromatic N) is 5. The van der Waals surface area contributed by atoms with Crippen molar-refractivity contribution in [1.82, 2.24) is 19.6 Å². The Labute approximate surface area is 203 Å². The quantitative estimate of drug-likeness (QED) is 0.442. The Bertz CT molecular complexity index is 1050. The van der Waals surface area contributed by atoms with Crippen LogP contribution in [-0.4, -0.2) is 77.9 Å². The van der Waals surface area contributed by atoms with Gasteiger partial charge >= 0.3 is 0 Å². The zero-order chi connectivity index (χ0) is 23.1. The van der Waals surface area contributed by atoms with Crippen molar-refractivity contribution < 1.29 is 0 Å². The molecule has 176 valence electrons. The summed E-state index contributed by atoms with van der Waals surface area (Å²) in [7, 11) is 0. The number of aliphatic imine (C=N–C) groups is 1. The molecule has 0 aromatic heterocycles. The van der Waals surface area contributed by atoms with Crippen LogP contribution in [0.3, 0.4) is 0 Å². The van der Waals surface area contributed by atoms with Gasteiger partial charge < -0.3 is 19.6 Å². The van der Waals surface area contributed by atoms with Crippen molar-refractivity contribution in [1.29, 1.82) is 0 Å². The first-order valence-electron chi connectivity index (χ1n) is 12.9. The van der Waals surface area contributed by atoms with Crippen LogP contribution in [0.1, 0.15) is 42.4 Å². The first-order valence-corrected chi connectivity index (χ1v) is 12.9. The molecule has 0 radical (unpaired) electrons. The molecule has 0 atom stereocenters. The van der Waals surface area contributed by atoms with Gasteiger partial charge in [-0.05, 0) is 72.0 Å². The van der Waals surface area contributed by atoms with Gasteiger partial charge in [-0.3, -0.25) is 0 Å². The van der Waals surface area contributed by atoms with Crippen LogP contribution in [-0.2, 0) is 0 Å². The summed E-state index contributed by atoms with van der Waals surface area (Å²) in [5, 5.41) is 2.44. The Hall–Kier alpha value is -3.21. The summed E-state index contributed by atoms with van der Waals surface area (Å²) in [5.74, 6) is 2.53. The summed E-state index contributed by atoms with van der Waals surface area (Å²) >= 11 is 0. The third-order valence-corrected chi connectivity index (χ3v) is 7.81. The molecule has 4 aliphatic heterocycles. The largest absolute Gasteiger partial charge is 0.358 e. The number of fused-ring (bicyclic) bond motifs is 1. The minimum absolute atomic E-state index is 1.05. The second-order valence-corrected chi connectivity index (χ2v) is 9.89. The van der Waals surface area contributed by atoms with Crippen molar-refractivity contribution in [2.75, 3.05) is 52.4 Å². The third-order valence-electron chi connectivity index (χ3n) is 7.81. The fraction of sp³-hybridized carbons (Fsp3) is 0.414. The van der Waals surface area contributed by atoms with Crippen molar-refractivity contribution >= 4 is 40.6 Å². The van der Waals surface area contributed by atoms with Gasteiger partial charge in [0.25, 0.3) is 0 Å². The molecule has 6 rings (SSSR count). The minimum atomic E-state index is 1.05. The van der Waals surface area contributed by atoms with Gasteiger partial charge in [-0.1, -0.05) is 31.4 Å². The van der Waals surface area contributed by atoms with Crippen molar-refractivity contribution in [2.45, 2.75) is 25.7 Å². The van der Waals surface area contributed by atoms with E-state index in [0.29, 0.717) is 0 Å². The number of benzene rings is 2. The van der Waals surface area contributed by atoms with Gasteiger partial charge in [-0.15, -0.1) is 0 Å². The summed E-state index contributed by atoms with van der Waals surface area (Å²) in [6.45, 7) is 17.2. The average molecular weight is 454 g/mol. The van der Waals surface area contributed by atoms with E-state index in [4.69, 9.17) is 4.99 Å². The van der Waals surface area contributed by atoms with E-state index in [1.807, 2.05) is 12.2 Å². The maximum atomic E-state index is 5.27. The van der Waals surface area contributed by atoms with Crippen LogP contribution in [0.2, 0.25) is 0 Å². The van der Waals surface area contributed by atoms with Gasteiger partial charge in [0.15, 0.2) is 0 Å². The van der Waals surface area contributed by atoms with Crippen LogP contribution in [0.25, 0.3) is 29.0 Å². The van der Waals surface area contributed by atoms with E-state index in [-0.39, 0.29) is 0 Å². The number of guanidine groups is 1. The predicted molar refractivity (Wildman–Crippen MR) is 144 cm³/mol. The lowest BCUT2D eigenvalue weighted by Crippen LogP contribution is -2.54. The summed E-state index contributed by atoms with van der Waals surface area (Å²) < 4.78 is 0. The highest BCUT2D eigenvalue weighted by molar-refractivity contribution is 6.02. The van der Waals surface area contributed by atoms with Gasteiger partial charge in [0.05, 0.1) is 5.69 Å². The molecule has 5 heteroatoms. The molecule has 0 saturated carbocycles. The van der Waals surface area contributed by atoms with E-state index >= 15 is 0 Å². The first kappa shape index (κ1) is 21.3. The first-order chi connectivity index (χ1) is 16.7. The molecule has 0 aliphatic carbocycles. The van der Waals surface area contributed by atoms with E-state index in [2.05, 4.69) is 63.1 Å². The number of likely N-dealkylation sites (tertiary alicyclic amines) is 4. The van der Waals surface area contributed by atoms with E-state index < -0.39 is 0 Å². The Morgan fingerprint density at radius 3 is 1.59 bits per heavy atom. The number of rotatable bonds is 6. The lowest BCUT2D eigenvalue weighted by atomic mass is 9.95. The summed E-state index contributed by atoms with van der Waals surface area (Å²) in [6.07, 6.45) is 11.4. The van der Waals surface area contributed by atoms with Crippen LogP contribution in [0.5, 0.6) is 0 Å². The van der Waals surface area contributed by atoms with E-state index in [9.17, 15) is 0 Å². The lowest BCUT2D eigenvalue weighted by molar-refractivity contribution is 0.117. The summed E-state index contributed by atoms with van der Waals surface area (Å²) in [4.78, 5) is 15.2. The van der Waals surface area contributed by atoms with Gasteiger partial charge in [-0.25, -0.2) is 4.99 Å². The maximum Gasteiger partial charge on any atom is 0.201 e. The van der Waals surface area contributed by atoms with Gasteiger partial charge in [0.2, 0.25) is 5.96 Å². The fourth-order valence-electron chi connectivity index (χ4n) is 5.10. The Morgan fingerprint density at radius 1 is 0.647 bits per heavy atom. The molecule has 0 bridgehead atoms. The lowest BCUT2D eigenvalue weighted by Gasteiger charge is -2.45. The van der Waals surface area contributed by atoms with Crippen molar-refractivity contribution in [3.05, 3.63) is 59.9 Å². The Morgan fingerprint density at radius 2 is 1.15 bits per heavy atom. The summed E-state index contributed by atoms with van der Waals surface area (Å²) in [6, 6.07) is 9.02. The molecule has 0 spiro atoms. The molecular formula is C29H35N5. The van der Waals surface area contributed by atoms with Gasteiger partial charge in [0.1, 0.15) is 5.82 Å². The molecule has 4 aliphatic rings. The van der Waals surface area contributed by atoms with E-state index in [0.717, 1.165) is 75.1 Å². The highest BCUT2D eigenvalue weighted by Gasteiger charge is 2.28. The van der Waals surface area contributed by atoms with Gasteiger partial charge in [0, 0.05) is 57.7 Å². The topological polar surface area (TPSA) is 25.3 Å². The minimum Gasteiger partial charge on any atom is -0.358 e. The molecule has 0 unspecified atom stereocenters. The molecule has 4 heterocycles. The number of hydrogen-bond acceptors (Lipinski definition) is 3. The average Bonchev–Trinajstić information content (AvgIpc) is 2.69. The smallest absolute Gasteiger partial charge is 0.201 e. The Kier molecular flexibility index (Phi) is 5.56. The second kappa shape index (κ2) is 8.86. The highest BCUT2D eigenvalue weighted by Crippen LogP contribution is 2.36. The highest BCUT2D eigenvalue weighted by atomic mass is 15.4. The predicted octanol–water partition coefficient (Wildman–Crippen LogP) is 5.23. The SMILES string of the molecule is C=Cc1cc2c(C=C(N3CCC3)N3CCC3)ccc(N=C(N3CCC3)N3CCC3)c2cc1C=C. The fourth-order valence-corrected chi connectivity index (χ4v) is 5.10. The van der Waals surface area contributed by atoms with Crippen LogP contribution in [0, 0.1) is 0 Å². The van der Waals surface area contributed by atoms with Crippen LogP contribution >= 0.6 is 0 Å². The molecule has 5 nitrogen and oxygen atoms in total. The maximum absolute atomic E-state index is 5.27. The van der Waals surface area contributed by atoms with Crippen molar-refractivity contribution in [3.63, 3.8) is 0 Å². The molecule has 0 N–H and O–H groups in total. The van der Waals surface area contributed by atoms with Crippen molar-refractivity contribution in [3.8, 4) is 0 Å². The van der Waals surface area contributed by atoms with E-state index in [1.54, 1.807) is 0 Å². The zero-order valence-corrected chi connectivity index (χ0v) is 20.2. The molecule has 4 fully saturated rings. The van der Waals surface area contributed by atoms with Crippen molar-refractivity contribution in [2.24, 2.45) is 4.99 Å².